The molecule has 0 saturated carbocycles. The molecule has 0 aliphatic heterocycles. The van der Waals surface area contributed by atoms with Crippen LogP contribution in [0.2, 0.25) is 0 Å². The van der Waals surface area contributed by atoms with Crippen molar-refractivity contribution in [2.45, 2.75) is 12.1 Å². The second kappa shape index (κ2) is 7.06. The minimum absolute atomic E-state index is 0.0310. The number of carbonyl (C=O) groups excluding carboxylic acids is 2. The molecule has 2 N–H and O–H groups in total. The summed E-state index contributed by atoms with van der Waals surface area (Å²) >= 11 is 2.57. The average molecular weight is 312 g/mol. The molecule has 0 aliphatic rings. The van der Waals surface area contributed by atoms with Crippen molar-refractivity contribution in [3.05, 3.63) is 17.5 Å². The van der Waals surface area contributed by atoms with E-state index >= 15 is 0 Å². The van der Waals surface area contributed by atoms with Gasteiger partial charge in [0.1, 0.15) is 0 Å². The van der Waals surface area contributed by atoms with Crippen molar-refractivity contribution in [2.75, 3.05) is 12.3 Å². The highest BCUT2D eigenvalue weighted by atomic mass is 32.2. The van der Waals surface area contributed by atoms with E-state index in [1.54, 1.807) is 6.92 Å². The van der Waals surface area contributed by atoms with E-state index in [2.05, 4.69) is 20.8 Å². The van der Waals surface area contributed by atoms with Crippen LogP contribution in [0.5, 0.6) is 0 Å². The molecular weight excluding hydrogens is 300 g/mol. The van der Waals surface area contributed by atoms with Crippen LogP contribution in [-0.4, -0.2) is 34.4 Å². The van der Waals surface area contributed by atoms with Crippen LogP contribution in [0, 0.1) is 0 Å². The maximum Gasteiger partial charge on any atom is 0.321 e. The number of carbonyl (C=O) groups is 2. The lowest BCUT2D eigenvalue weighted by Gasteiger charge is -2.02. The van der Waals surface area contributed by atoms with Crippen LogP contribution in [0.15, 0.2) is 27.2 Å². The van der Waals surface area contributed by atoms with Gasteiger partial charge in [-0.05, 0) is 18.4 Å². The van der Waals surface area contributed by atoms with Crippen LogP contribution in [0.25, 0.3) is 10.8 Å². The average Bonchev–Trinajstić information content (AvgIpc) is 3.07. The lowest BCUT2D eigenvalue weighted by atomic mass is 10.5. The van der Waals surface area contributed by atoms with Crippen LogP contribution >= 0.6 is 23.1 Å². The Balaban J connectivity index is 1.82. The van der Waals surface area contributed by atoms with Crippen molar-refractivity contribution in [1.29, 1.82) is 0 Å². The number of thioether (sulfide) groups is 1. The van der Waals surface area contributed by atoms with Crippen LogP contribution in [0.1, 0.15) is 6.92 Å². The number of hydrogen-bond acceptors (Lipinski definition) is 7. The highest BCUT2D eigenvalue weighted by Crippen LogP contribution is 2.26. The second-order valence-electron chi connectivity index (χ2n) is 3.55. The first-order valence-electron chi connectivity index (χ1n) is 5.77. The second-order valence-corrected chi connectivity index (χ2v) is 5.42. The van der Waals surface area contributed by atoms with Gasteiger partial charge in [0.15, 0.2) is 0 Å². The van der Waals surface area contributed by atoms with Gasteiger partial charge in [-0.25, -0.2) is 4.79 Å². The highest BCUT2D eigenvalue weighted by Gasteiger charge is 2.12. The molecule has 2 aromatic heterocycles. The molecule has 3 amide bonds. The first kappa shape index (κ1) is 14.5. The van der Waals surface area contributed by atoms with E-state index in [1.807, 2.05) is 17.5 Å². The zero-order valence-corrected chi connectivity index (χ0v) is 12.2. The molecule has 7 nitrogen and oxygen atoms in total. The van der Waals surface area contributed by atoms with Gasteiger partial charge >= 0.3 is 6.03 Å². The molecule has 0 unspecified atom stereocenters. The van der Waals surface area contributed by atoms with Gasteiger partial charge in [0, 0.05) is 6.54 Å². The smallest absolute Gasteiger partial charge is 0.321 e. The Labute approximate surface area is 123 Å². The van der Waals surface area contributed by atoms with Crippen LogP contribution in [-0.2, 0) is 4.79 Å². The third-order valence-corrected chi connectivity index (χ3v) is 3.73. The van der Waals surface area contributed by atoms with Gasteiger partial charge in [0.05, 0.1) is 10.6 Å². The number of nitrogens with zero attached hydrogens (tertiary/aromatic N) is 2. The molecule has 0 aliphatic carbocycles. The third kappa shape index (κ3) is 4.07. The fourth-order valence-electron chi connectivity index (χ4n) is 1.26. The van der Waals surface area contributed by atoms with Gasteiger partial charge in [0.2, 0.25) is 5.91 Å². The van der Waals surface area contributed by atoms with Crippen molar-refractivity contribution in [1.82, 2.24) is 20.8 Å². The van der Waals surface area contributed by atoms with Gasteiger partial charge in [-0.1, -0.05) is 17.8 Å². The molecule has 0 bridgehead atoms. The summed E-state index contributed by atoms with van der Waals surface area (Å²) in [4.78, 5) is 23.4. The van der Waals surface area contributed by atoms with Gasteiger partial charge in [-0.3, -0.25) is 10.1 Å². The molecule has 2 rings (SSSR count). The molecule has 0 radical (unpaired) electrons. The SMILES string of the molecule is CCNC(=O)NC(=O)CSc1nnc(-c2cccs2)o1. The Morgan fingerprint density at radius 2 is 2.30 bits per heavy atom. The molecule has 2 heterocycles. The minimum Gasteiger partial charge on any atom is -0.410 e. The highest BCUT2D eigenvalue weighted by molar-refractivity contribution is 7.99. The van der Waals surface area contributed by atoms with E-state index in [4.69, 9.17) is 4.42 Å². The molecule has 0 spiro atoms. The van der Waals surface area contributed by atoms with Gasteiger partial charge in [-0.2, -0.15) is 0 Å². The summed E-state index contributed by atoms with van der Waals surface area (Å²) in [5, 5.41) is 14.6. The summed E-state index contributed by atoms with van der Waals surface area (Å²) in [5.74, 6) is 0.0342. The fraction of sp³-hybridized carbons (Fsp3) is 0.273. The predicted octanol–water partition coefficient (Wildman–Crippen LogP) is 1.74. The molecule has 0 fully saturated rings. The van der Waals surface area contributed by atoms with Gasteiger partial charge < -0.3 is 9.73 Å². The molecular formula is C11H12N4O3S2. The van der Waals surface area contributed by atoms with E-state index in [9.17, 15) is 9.59 Å². The minimum atomic E-state index is -0.511. The summed E-state index contributed by atoms with van der Waals surface area (Å²) in [5.41, 5.74) is 0. The predicted molar refractivity (Wildman–Crippen MR) is 75.6 cm³/mol. The van der Waals surface area contributed by atoms with Crippen LogP contribution in [0.4, 0.5) is 4.79 Å². The maximum atomic E-state index is 11.5. The molecule has 20 heavy (non-hydrogen) atoms. The number of thiophene rings is 1. The fourth-order valence-corrected chi connectivity index (χ4v) is 2.47. The molecule has 2 aromatic rings. The summed E-state index contributed by atoms with van der Waals surface area (Å²) in [6.45, 7) is 2.23. The normalized spacial score (nSPS) is 10.2. The Hall–Kier alpha value is -1.87. The Morgan fingerprint density at radius 3 is 3.00 bits per heavy atom. The third-order valence-electron chi connectivity index (χ3n) is 2.06. The molecule has 106 valence electrons. The molecule has 0 atom stereocenters. The monoisotopic (exact) mass is 312 g/mol. The summed E-state index contributed by atoms with van der Waals surface area (Å²) in [6.07, 6.45) is 0. The molecule has 0 aromatic carbocycles. The van der Waals surface area contributed by atoms with Gasteiger partial charge in [-0.15, -0.1) is 21.5 Å². The van der Waals surface area contributed by atoms with E-state index < -0.39 is 11.9 Å². The van der Waals surface area contributed by atoms with Crippen molar-refractivity contribution in [3.63, 3.8) is 0 Å². The first-order chi connectivity index (χ1) is 9.69. The number of rotatable bonds is 5. The zero-order valence-electron chi connectivity index (χ0n) is 10.6. The molecule has 0 saturated heterocycles. The quantitative estimate of drug-likeness (QED) is 0.816. The van der Waals surface area contributed by atoms with Crippen molar-refractivity contribution in [3.8, 4) is 10.8 Å². The van der Waals surface area contributed by atoms with Crippen molar-refractivity contribution < 1.29 is 14.0 Å². The first-order valence-corrected chi connectivity index (χ1v) is 7.63. The Morgan fingerprint density at radius 1 is 1.45 bits per heavy atom. The van der Waals surface area contributed by atoms with E-state index in [0.29, 0.717) is 17.7 Å². The lowest BCUT2D eigenvalue weighted by molar-refractivity contribution is -0.117. The topological polar surface area (TPSA) is 97.1 Å². The number of amides is 3. The van der Waals surface area contributed by atoms with Gasteiger partial charge in [0.25, 0.3) is 11.1 Å². The maximum absolute atomic E-state index is 11.5. The number of aromatic nitrogens is 2. The number of hydrogen-bond donors (Lipinski definition) is 2. The van der Waals surface area contributed by atoms with Crippen LogP contribution < -0.4 is 10.6 Å². The summed E-state index contributed by atoms with van der Waals surface area (Å²) in [7, 11) is 0. The van der Waals surface area contributed by atoms with E-state index in [1.165, 1.54) is 11.3 Å². The van der Waals surface area contributed by atoms with E-state index in [-0.39, 0.29) is 5.75 Å². The number of urea groups is 1. The Kier molecular flexibility index (Phi) is 5.13. The summed E-state index contributed by atoms with van der Waals surface area (Å²) in [6, 6.07) is 3.24. The summed E-state index contributed by atoms with van der Waals surface area (Å²) < 4.78 is 5.40. The standard InChI is InChI=1S/C11H12N4O3S2/c1-2-12-10(17)13-8(16)6-20-11-15-14-9(18-11)7-4-3-5-19-7/h3-5H,2,6H2,1H3,(H2,12,13,16,17). The van der Waals surface area contributed by atoms with Crippen molar-refractivity contribution in [2.24, 2.45) is 0 Å². The number of imide groups is 1. The zero-order chi connectivity index (χ0) is 14.4. The lowest BCUT2D eigenvalue weighted by Crippen LogP contribution is -2.40. The van der Waals surface area contributed by atoms with E-state index in [0.717, 1.165) is 16.6 Å². The van der Waals surface area contributed by atoms with Crippen LogP contribution in [0.3, 0.4) is 0 Å². The Bertz CT molecular complexity index is 582. The van der Waals surface area contributed by atoms with Crippen molar-refractivity contribution >= 4 is 35.0 Å². The number of nitrogens with one attached hydrogen (secondary N) is 2. The molecule has 9 heteroatoms. The largest absolute Gasteiger partial charge is 0.410 e.